The van der Waals surface area contributed by atoms with Crippen LogP contribution in [0, 0.1) is 38.9 Å². The average Bonchev–Trinajstić information content (AvgIpc) is 2.74. The Balaban J connectivity index is 1.59. The molecule has 0 spiro atoms. The normalized spacial score (nSPS) is 49.4. The first-order chi connectivity index (χ1) is 14.9. The number of esters is 1. The van der Waals surface area contributed by atoms with Gasteiger partial charge in [0.05, 0.1) is 12.5 Å². The van der Waals surface area contributed by atoms with E-state index in [1.54, 1.807) is 12.7 Å². The Bertz CT molecular complexity index is 876. The lowest BCUT2D eigenvalue weighted by molar-refractivity contribution is -0.175. The maximum absolute atomic E-state index is 13.3. The summed E-state index contributed by atoms with van der Waals surface area (Å²) in [6.07, 6.45) is 12.7. The van der Waals surface area contributed by atoms with Crippen LogP contribution in [0.2, 0.25) is 0 Å². The Morgan fingerprint density at radius 3 is 2.47 bits per heavy atom. The van der Waals surface area contributed by atoms with Crippen LogP contribution in [0.25, 0.3) is 0 Å². The van der Waals surface area contributed by atoms with Crippen molar-refractivity contribution >= 4 is 11.9 Å². The lowest BCUT2D eigenvalue weighted by Crippen LogP contribution is -2.66. The highest BCUT2D eigenvalue weighted by Crippen LogP contribution is 2.73. The van der Waals surface area contributed by atoms with Gasteiger partial charge in [0.25, 0.3) is 0 Å². The summed E-state index contributed by atoms with van der Waals surface area (Å²) >= 11 is 0. The van der Waals surface area contributed by atoms with Gasteiger partial charge >= 0.3 is 5.97 Å². The Kier molecular flexibility index (Phi) is 4.81. The van der Waals surface area contributed by atoms with Gasteiger partial charge in [0, 0.05) is 12.5 Å². The third-order valence-corrected chi connectivity index (χ3v) is 11.7. The van der Waals surface area contributed by atoms with Crippen molar-refractivity contribution in [3.63, 3.8) is 0 Å². The zero-order valence-electron chi connectivity index (χ0n) is 21.1. The zero-order chi connectivity index (χ0) is 23.2. The van der Waals surface area contributed by atoms with Crippen molar-refractivity contribution in [3.8, 4) is 0 Å². The molecule has 3 saturated carbocycles. The molecule has 0 aromatic rings. The summed E-state index contributed by atoms with van der Waals surface area (Å²) < 4.78 is 5.45. The molecule has 0 aromatic carbocycles. The number of fused-ring (bicyclic) bond motifs is 7. The van der Waals surface area contributed by atoms with Gasteiger partial charge in [-0.2, -0.15) is 0 Å². The van der Waals surface area contributed by atoms with Crippen molar-refractivity contribution in [2.45, 2.75) is 105 Å². The van der Waals surface area contributed by atoms with E-state index in [0.717, 1.165) is 57.8 Å². The van der Waals surface area contributed by atoms with E-state index in [-0.39, 0.29) is 39.0 Å². The van der Waals surface area contributed by atoms with E-state index in [9.17, 15) is 9.59 Å². The molecule has 7 atom stereocenters. The van der Waals surface area contributed by atoms with Gasteiger partial charge in [-0.3, -0.25) is 9.59 Å². The summed E-state index contributed by atoms with van der Waals surface area (Å²) in [5, 5.41) is 3.36. The highest BCUT2D eigenvalue weighted by molar-refractivity contribution is 5.79. The first kappa shape index (κ1) is 22.5. The summed E-state index contributed by atoms with van der Waals surface area (Å²) in [5.74, 6) is 1.13. The van der Waals surface area contributed by atoms with Crippen LogP contribution in [0.3, 0.4) is 0 Å². The molecule has 1 saturated heterocycles. The third-order valence-electron chi connectivity index (χ3n) is 11.7. The van der Waals surface area contributed by atoms with Crippen LogP contribution in [0.5, 0.6) is 0 Å². The van der Waals surface area contributed by atoms with Crippen molar-refractivity contribution in [1.29, 1.82) is 0 Å². The Hall–Kier alpha value is -1.32. The number of ether oxygens (including phenoxy) is 1. The summed E-state index contributed by atoms with van der Waals surface area (Å²) in [5.41, 5.74) is 1.97. The van der Waals surface area contributed by atoms with E-state index in [1.165, 1.54) is 0 Å². The van der Waals surface area contributed by atoms with Gasteiger partial charge < -0.3 is 10.1 Å². The fourth-order valence-electron chi connectivity index (χ4n) is 9.42. The summed E-state index contributed by atoms with van der Waals surface area (Å²) in [6, 6.07) is 0.312. The molecule has 1 heterocycles. The standard InChI is InChI=1S/C28H43NO3/c1-24(2)13-15-28(23(31)32-6)16-14-26(4)18(19(28)17-24)7-8-20-25(3)11-10-22(30)29-21(25)9-12-27(20,26)5/h7,19-21H,8-17H2,1-6H3,(H,29,30). The van der Waals surface area contributed by atoms with Crippen molar-refractivity contribution in [2.75, 3.05) is 7.11 Å². The van der Waals surface area contributed by atoms with Crippen molar-refractivity contribution < 1.29 is 14.3 Å². The van der Waals surface area contributed by atoms with Crippen molar-refractivity contribution in [3.05, 3.63) is 11.6 Å². The number of piperidine rings is 1. The van der Waals surface area contributed by atoms with Gasteiger partial charge in [-0.25, -0.2) is 0 Å². The van der Waals surface area contributed by atoms with Crippen LogP contribution in [0.15, 0.2) is 11.6 Å². The molecule has 0 bridgehead atoms. The van der Waals surface area contributed by atoms with Gasteiger partial charge in [0.2, 0.25) is 5.91 Å². The third kappa shape index (κ3) is 2.73. The minimum atomic E-state index is -0.335. The van der Waals surface area contributed by atoms with Crippen LogP contribution >= 0.6 is 0 Å². The molecule has 0 radical (unpaired) electrons. The van der Waals surface area contributed by atoms with Crippen LogP contribution in [-0.2, 0) is 14.3 Å². The number of methoxy groups -OCH3 is 1. The lowest BCUT2D eigenvalue weighted by atomic mass is 9.36. The number of amides is 1. The van der Waals surface area contributed by atoms with Crippen LogP contribution in [0.4, 0.5) is 0 Å². The SMILES string of the molecule is COC(=O)C12CCC(C)(C)CC1C1=CCC3C4(C)CCC(=O)NC4CCC3(C)C1(C)CC2. The van der Waals surface area contributed by atoms with E-state index >= 15 is 0 Å². The maximum atomic E-state index is 13.3. The Morgan fingerprint density at radius 1 is 1.03 bits per heavy atom. The van der Waals surface area contributed by atoms with Gasteiger partial charge in [-0.05, 0) is 91.3 Å². The van der Waals surface area contributed by atoms with Crippen molar-refractivity contribution in [1.82, 2.24) is 5.32 Å². The number of hydrogen-bond acceptors (Lipinski definition) is 3. The summed E-state index contributed by atoms with van der Waals surface area (Å²) in [7, 11) is 1.58. The van der Waals surface area contributed by atoms with Crippen molar-refractivity contribution in [2.24, 2.45) is 38.9 Å². The predicted octanol–water partition coefficient (Wildman–Crippen LogP) is 5.80. The molecule has 4 heteroatoms. The largest absolute Gasteiger partial charge is 0.469 e. The second-order valence-electron chi connectivity index (χ2n) is 13.4. The molecule has 5 rings (SSSR count). The molecular weight excluding hydrogens is 398 g/mol. The van der Waals surface area contributed by atoms with Crippen LogP contribution in [-0.4, -0.2) is 25.0 Å². The highest BCUT2D eigenvalue weighted by Gasteiger charge is 2.67. The topological polar surface area (TPSA) is 55.4 Å². The van der Waals surface area contributed by atoms with E-state index in [4.69, 9.17) is 4.74 Å². The number of allylic oxidation sites excluding steroid dienone is 2. The van der Waals surface area contributed by atoms with E-state index in [1.807, 2.05) is 0 Å². The van der Waals surface area contributed by atoms with Crippen LogP contribution in [0.1, 0.15) is 98.8 Å². The zero-order valence-corrected chi connectivity index (χ0v) is 21.1. The Labute approximate surface area is 194 Å². The smallest absolute Gasteiger partial charge is 0.312 e. The van der Waals surface area contributed by atoms with Gasteiger partial charge in [0.1, 0.15) is 0 Å². The van der Waals surface area contributed by atoms with E-state index in [0.29, 0.717) is 24.3 Å². The molecule has 4 aliphatic carbocycles. The number of rotatable bonds is 1. The minimum Gasteiger partial charge on any atom is -0.469 e. The monoisotopic (exact) mass is 441 g/mol. The van der Waals surface area contributed by atoms with Gasteiger partial charge in [0.15, 0.2) is 0 Å². The number of hydrogen-bond donors (Lipinski definition) is 1. The molecule has 1 amide bonds. The van der Waals surface area contributed by atoms with E-state index in [2.05, 4.69) is 46.0 Å². The first-order valence-electron chi connectivity index (χ1n) is 13.0. The molecule has 1 aliphatic heterocycles. The molecular formula is C28H43NO3. The summed E-state index contributed by atoms with van der Waals surface area (Å²) in [6.45, 7) is 12.3. The molecule has 0 aromatic heterocycles. The first-order valence-corrected chi connectivity index (χ1v) is 13.0. The highest BCUT2D eigenvalue weighted by atomic mass is 16.5. The molecule has 5 aliphatic rings. The van der Waals surface area contributed by atoms with Gasteiger partial charge in [-0.15, -0.1) is 0 Å². The summed E-state index contributed by atoms with van der Waals surface area (Å²) in [4.78, 5) is 25.4. The molecule has 4 nitrogen and oxygen atoms in total. The van der Waals surface area contributed by atoms with E-state index < -0.39 is 0 Å². The quantitative estimate of drug-likeness (QED) is 0.413. The minimum absolute atomic E-state index is 0.0267. The fraction of sp³-hybridized carbons (Fsp3) is 0.857. The lowest BCUT2D eigenvalue weighted by Gasteiger charge is -2.69. The second kappa shape index (κ2) is 6.85. The maximum Gasteiger partial charge on any atom is 0.312 e. The predicted molar refractivity (Wildman–Crippen MR) is 126 cm³/mol. The fourth-order valence-corrected chi connectivity index (χ4v) is 9.42. The molecule has 7 unspecified atom stereocenters. The number of nitrogens with one attached hydrogen (secondary N) is 1. The molecule has 4 fully saturated rings. The second-order valence-corrected chi connectivity index (χ2v) is 13.4. The molecule has 1 N–H and O–H groups in total. The Morgan fingerprint density at radius 2 is 1.75 bits per heavy atom. The van der Waals surface area contributed by atoms with Gasteiger partial charge in [-0.1, -0.05) is 46.3 Å². The molecule has 178 valence electrons. The number of carbonyl (C=O) groups is 2. The molecule has 32 heavy (non-hydrogen) atoms. The average molecular weight is 442 g/mol. The van der Waals surface area contributed by atoms with Crippen LogP contribution < -0.4 is 5.32 Å². The number of carbonyl (C=O) groups excluding carboxylic acids is 2.